The predicted octanol–water partition coefficient (Wildman–Crippen LogP) is 0.764. The summed E-state index contributed by atoms with van der Waals surface area (Å²) in [6, 6.07) is 0.308. The van der Waals surface area contributed by atoms with Gasteiger partial charge in [0.2, 0.25) is 11.8 Å². The van der Waals surface area contributed by atoms with Gasteiger partial charge >= 0.3 is 0 Å². The molecule has 0 saturated carbocycles. The third-order valence-corrected chi connectivity index (χ3v) is 3.17. The van der Waals surface area contributed by atoms with Gasteiger partial charge in [0.1, 0.15) is 6.61 Å². The van der Waals surface area contributed by atoms with Crippen molar-refractivity contribution in [3.05, 3.63) is 12.0 Å². The number of nitrogens with one attached hydrogen (secondary N) is 1. The Labute approximate surface area is 105 Å². The van der Waals surface area contributed by atoms with E-state index < -0.39 is 5.82 Å². The molecule has 18 heavy (non-hydrogen) atoms. The molecule has 0 aliphatic carbocycles. The molecule has 1 aliphatic rings. The number of rotatable bonds is 4. The number of halogens is 1. The van der Waals surface area contributed by atoms with Crippen LogP contribution in [-0.2, 0) is 0 Å². The molecule has 1 aromatic heterocycles. The van der Waals surface area contributed by atoms with E-state index in [9.17, 15) is 4.39 Å². The van der Waals surface area contributed by atoms with Crippen LogP contribution in [0.1, 0.15) is 19.3 Å². The fourth-order valence-corrected chi connectivity index (χ4v) is 2.05. The molecule has 1 fully saturated rings. The monoisotopic (exact) mass is 255 g/mol. The molecule has 2 heterocycles. The van der Waals surface area contributed by atoms with Crippen LogP contribution in [0.15, 0.2) is 6.20 Å². The Morgan fingerprint density at radius 1 is 1.61 bits per heavy atom. The number of nitrogen functional groups attached to an aromatic ring is 1. The lowest BCUT2D eigenvalue weighted by molar-refractivity contribution is 0.120. The highest BCUT2D eigenvalue weighted by molar-refractivity contribution is 5.26. The number of nitrogens with zero attached hydrogens (tertiary/aromatic N) is 3. The van der Waals surface area contributed by atoms with Gasteiger partial charge < -0.3 is 9.64 Å². The van der Waals surface area contributed by atoms with E-state index in [1.54, 1.807) is 0 Å². The van der Waals surface area contributed by atoms with Gasteiger partial charge in [-0.3, -0.25) is 5.43 Å². The SMILES string of the molecule is CN1CCCCC1COc1nc(NN)ncc1F. The van der Waals surface area contributed by atoms with Crippen molar-refractivity contribution in [2.24, 2.45) is 5.84 Å². The molecule has 0 spiro atoms. The predicted molar refractivity (Wildman–Crippen MR) is 65.6 cm³/mol. The van der Waals surface area contributed by atoms with Crippen LogP contribution in [0.3, 0.4) is 0 Å². The zero-order valence-corrected chi connectivity index (χ0v) is 10.4. The Hall–Kier alpha value is -1.47. The number of likely N-dealkylation sites (N-methyl/N-ethyl adjacent to an activating group) is 1. The highest BCUT2D eigenvalue weighted by Crippen LogP contribution is 2.18. The highest BCUT2D eigenvalue weighted by atomic mass is 19.1. The average molecular weight is 255 g/mol. The number of likely N-dealkylation sites (tertiary alicyclic amines) is 1. The molecule has 7 heteroatoms. The number of hydrogen-bond donors (Lipinski definition) is 2. The van der Waals surface area contributed by atoms with Crippen LogP contribution in [0.25, 0.3) is 0 Å². The standard InChI is InChI=1S/C11H18FN5O/c1-17-5-3-2-4-8(17)7-18-10-9(12)6-14-11(15-10)16-13/h6,8H,2-5,7,13H2,1H3,(H,14,15,16). The Morgan fingerprint density at radius 3 is 3.17 bits per heavy atom. The molecular formula is C11H18FN5O. The number of piperidine rings is 1. The first-order valence-corrected chi connectivity index (χ1v) is 6.03. The van der Waals surface area contributed by atoms with Gasteiger partial charge in [-0.2, -0.15) is 9.37 Å². The van der Waals surface area contributed by atoms with E-state index in [2.05, 4.69) is 27.3 Å². The summed E-state index contributed by atoms with van der Waals surface area (Å²) in [5.41, 5.74) is 2.26. The number of hydrogen-bond acceptors (Lipinski definition) is 6. The van der Waals surface area contributed by atoms with Crippen molar-refractivity contribution in [1.82, 2.24) is 14.9 Å². The topological polar surface area (TPSA) is 76.3 Å². The van der Waals surface area contributed by atoms with Crippen molar-refractivity contribution in [3.63, 3.8) is 0 Å². The van der Waals surface area contributed by atoms with Crippen molar-refractivity contribution in [3.8, 4) is 5.88 Å². The van der Waals surface area contributed by atoms with Crippen molar-refractivity contribution in [2.75, 3.05) is 25.6 Å². The third-order valence-electron chi connectivity index (χ3n) is 3.17. The Balaban J connectivity index is 1.96. The minimum absolute atomic E-state index is 0.0584. The maximum absolute atomic E-state index is 13.4. The second kappa shape index (κ2) is 5.92. The average Bonchev–Trinajstić information content (AvgIpc) is 2.39. The minimum Gasteiger partial charge on any atom is -0.474 e. The van der Waals surface area contributed by atoms with Gasteiger partial charge in [-0.15, -0.1) is 0 Å². The molecule has 1 saturated heterocycles. The molecule has 0 aromatic carbocycles. The van der Waals surface area contributed by atoms with E-state index in [-0.39, 0.29) is 11.8 Å². The summed E-state index contributed by atoms with van der Waals surface area (Å²) < 4.78 is 18.9. The summed E-state index contributed by atoms with van der Waals surface area (Å²) >= 11 is 0. The van der Waals surface area contributed by atoms with E-state index in [0.717, 1.165) is 19.2 Å². The minimum atomic E-state index is -0.576. The molecule has 100 valence electrons. The van der Waals surface area contributed by atoms with Gasteiger partial charge in [-0.05, 0) is 26.4 Å². The van der Waals surface area contributed by atoms with Crippen LogP contribution in [-0.4, -0.2) is 41.1 Å². The molecule has 0 bridgehead atoms. The number of aromatic nitrogens is 2. The molecule has 1 atom stereocenters. The summed E-state index contributed by atoms with van der Waals surface area (Å²) in [5, 5.41) is 0. The lowest BCUT2D eigenvalue weighted by Gasteiger charge is -2.31. The number of nitrogens with two attached hydrogens (primary N) is 1. The fraction of sp³-hybridized carbons (Fsp3) is 0.636. The highest BCUT2D eigenvalue weighted by Gasteiger charge is 2.20. The largest absolute Gasteiger partial charge is 0.474 e. The Bertz CT molecular complexity index is 403. The molecule has 0 amide bonds. The van der Waals surface area contributed by atoms with Gasteiger partial charge in [0, 0.05) is 6.04 Å². The maximum Gasteiger partial charge on any atom is 0.255 e. The summed E-state index contributed by atoms with van der Waals surface area (Å²) in [7, 11) is 2.05. The quantitative estimate of drug-likeness (QED) is 0.611. The van der Waals surface area contributed by atoms with Gasteiger partial charge in [0.25, 0.3) is 5.88 Å². The van der Waals surface area contributed by atoms with Crippen molar-refractivity contribution < 1.29 is 9.13 Å². The smallest absolute Gasteiger partial charge is 0.255 e. The molecule has 1 aromatic rings. The van der Waals surface area contributed by atoms with Crippen LogP contribution in [0.4, 0.5) is 10.3 Å². The normalized spacial score (nSPS) is 20.7. The number of ether oxygens (including phenoxy) is 1. The second-order valence-corrected chi connectivity index (χ2v) is 4.43. The van der Waals surface area contributed by atoms with E-state index in [1.165, 1.54) is 12.8 Å². The van der Waals surface area contributed by atoms with E-state index in [1.807, 2.05) is 0 Å². The summed E-state index contributed by atoms with van der Waals surface area (Å²) in [6.07, 6.45) is 4.49. The molecule has 1 unspecified atom stereocenters. The second-order valence-electron chi connectivity index (χ2n) is 4.43. The molecular weight excluding hydrogens is 237 g/mol. The number of anilines is 1. The first-order chi connectivity index (χ1) is 8.70. The maximum atomic E-state index is 13.4. The van der Waals surface area contributed by atoms with Crippen LogP contribution in [0, 0.1) is 5.82 Å². The summed E-state index contributed by atoms with van der Waals surface area (Å²) in [6.45, 7) is 1.48. The molecule has 2 rings (SSSR count). The first-order valence-electron chi connectivity index (χ1n) is 6.03. The Kier molecular flexibility index (Phi) is 4.27. The Morgan fingerprint density at radius 2 is 2.44 bits per heavy atom. The van der Waals surface area contributed by atoms with E-state index in [0.29, 0.717) is 12.6 Å². The van der Waals surface area contributed by atoms with Crippen LogP contribution < -0.4 is 16.0 Å². The zero-order chi connectivity index (χ0) is 13.0. The van der Waals surface area contributed by atoms with Crippen molar-refractivity contribution >= 4 is 5.95 Å². The van der Waals surface area contributed by atoms with Gasteiger partial charge in [0.15, 0.2) is 0 Å². The third kappa shape index (κ3) is 3.05. The fourth-order valence-electron chi connectivity index (χ4n) is 2.05. The van der Waals surface area contributed by atoms with Crippen molar-refractivity contribution in [2.45, 2.75) is 25.3 Å². The molecule has 6 nitrogen and oxygen atoms in total. The van der Waals surface area contributed by atoms with Crippen LogP contribution in [0.5, 0.6) is 5.88 Å². The van der Waals surface area contributed by atoms with Crippen molar-refractivity contribution in [1.29, 1.82) is 0 Å². The van der Waals surface area contributed by atoms with Gasteiger partial charge in [0.05, 0.1) is 6.20 Å². The van der Waals surface area contributed by atoms with Crippen LogP contribution >= 0.6 is 0 Å². The van der Waals surface area contributed by atoms with Gasteiger partial charge in [-0.1, -0.05) is 6.42 Å². The number of hydrazine groups is 1. The first kappa shape index (κ1) is 13.0. The molecule has 0 radical (unpaired) electrons. The van der Waals surface area contributed by atoms with E-state index >= 15 is 0 Å². The lowest BCUT2D eigenvalue weighted by Crippen LogP contribution is -2.40. The summed E-state index contributed by atoms with van der Waals surface area (Å²) in [5.74, 6) is 4.68. The lowest BCUT2D eigenvalue weighted by atomic mass is 10.0. The molecule has 3 N–H and O–H groups in total. The van der Waals surface area contributed by atoms with Crippen LogP contribution in [0.2, 0.25) is 0 Å². The summed E-state index contributed by atoms with van der Waals surface area (Å²) in [4.78, 5) is 9.72. The van der Waals surface area contributed by atoms with Gasteiger partial charge in [-0.25, -0.2) is 10.8 Å². The van der Waals surface area contributed by atoms with E-state index in [4.69, 9.17) is 10.6 Å². The molecule has 1 aliphatic heterocycles. The zero-order valence-electron chi connectivity index (χ0n) is 10.4.